The van der Waals surface area contributed by atoms with Crippen LogP contribution in [0.1, 0.15) is 44.7 Å². The van der Waals surface area contributed by atoms with E-state index in [1.165, 1.54) is 13.3 Å². The Hall–Kier alpha value is -1.25. The van der Waals surface area contributed by atoms with Crippen molar-refractivity contribution in [2.45, 2.75) is 40.2 Å². The number of furan rings is 1. The van der Waals surface area contributed by atoms with Crippen molar-refractivity contribution >= 4 is 11.7 Å². The van der Waals surface area contributed by atoms with E-state index in [0.717, 1.165) is 12.4 Å². The molecule has 1 aromatic heterocycles. The lowest BCUT2D eigenvalue weighted by atomic mass is 9.86. The van der Waals surface area contributed by atoms with Gasteiger partial charge >= 0.3 is 0 Å². The van der Waals surface area contributed by atoms with Crippen molar-refractivity contribution < 1.29 is 9.21 Å². The number of Topliss-reactive ketones (excluding diaryl/α,β-unsaturated/α-hetero) is 1. The van der Waals surface area contributed by atoms with E-state index in [1.54, 1.807) is 6.07 Å². The zero-order valence-electron chi connectivity index (χ0n) is 11.1. The van der Waals surface area contributed by atoms with Gasteiger partial charge in [0, 0.05) is 25.6 Å². The maximum atomic E-state index is 11.2. The van der Waals surface area contributed by atoms with E-state index >= 15 is 0 Å². The van der Waals surface area contributed by atoms with Gasteiger partial charge in [0.2, 0.25) is 0 Å². The van der Waals surface area contributed by atoms with Gasteiger partial charge < -0.3 is 9.32 Å². The summed E-state index contributed by atoms with van der Waals surface area (Å²) in [5, 5.41) is 0. The van der Waals surface area contributed by atoms with Gasteiger partial charge in [-0.1, -0.05) is 13.8 Å². The highest BCUT2D eigenvalue weighted by Crippen LogP contribution is 2.32. The largest absolute Gasteiger partial charge is 0.437 e. The Kier molecular flexibility index (Phi) is 3.27. The fourth-order valence-electron chi connectivity index (χ4n) is 2.68. The molecule has 2 rings (SSSR count). The summed E-state index contributed by atoms with van der Waals surface area (Å²) in [5.74, 6) is 2.61. The number of piperidine rings is 1. The molecule has 3 atom stereocenters. The molecule has 0 spiro atoms. The van der Waals surface area contributed by atoms with Crippen molar-refractivity contribution in [2.24, 2.45) is 11.8 Å². The van der Waals surface area contributed by atoms with Crippen molar-refractivity contribution in [3.8, 4) is 0 Å². The van der Waals surface area contributed by atoms with Gasteiger partial charge in [0.05, 0.1) is 0 Å². The van der Waals surface area contributed by atoms with Crippen LogP contribution < -0.4 is 4.90 Å². The Balaban J connectivity index is 2.22. The molecule has 1 fully saturated rings. The van der Waals surface area contributed by atoms with Crippen LogP contribution in [0.25, 0.3) is 0 Å². The summed E-state index contributed by atoms with van der Waals surface area (Å²) in [4.78, 5) is 13.5. The minimum absolute atomic E-state index is 0.0120. The van der Waals surface area contributed by atoms with Crippen molar-refractivity contribution in [3.05, 3.63) is 17.9 Å². The molecular weight excluding hydrogens is 214 g/mol. The summed E-state index contributed by atoms with van der Waals surface area (Å²) >= 11 is 0. The molecule has 94 valence electrons. The molecular formula is C14H21NO2. The fourth-order valence-corrected chi connectivity index (χ4v) is 2.68. The quantitative estimate of drug-likeness (QED) is 0.737. The highest BCUT2D eigenvalue weighted by atomic mass is 16.4. The summed E-state index contributed by atoms with van der Waals surface area (Å²) in [6.45, 7) is 9.32. The number of hydrogen-bond donors (Lipinski definition) is 0. The summed E-state index contributed by atoms with van der Waals surface area (Å²) in [7, 11) is 0. The predicted octanol–water partition coefficient (Wildman–Crippen LogP) is 3.35. The molecule has 0 bridgehead atoms. The van der Waals surface area contributed by atoms with Gasteiger partial charge in [0.1, 0.15) is 0 Å². The van der Waals surface area contributed by atoms with Crippen molar-refractivity contribution in [2.75, 3.05) is 11.4 Å². The van der Waals surface area contributed by atoms with Gasteiger partial charge in [0.15, 0.2) is 17.4 Å². The molecule has 3 unspecified atom stereocenters. The molecule has 3 nitrogen and oxygen atoms in total. The number of anilines is 1. The normalized spacial score (nSPS) is 29.4. The predicted molar refractivity (Wildman–Crippen MR) is 68.5 cm³/mol. The summed E-state index contributed by atoms with van der Waals surface area (Å²) in [6.07, 6.45) is 1.26. The molecule has 3 heteroatoms. The van der Waals surface area contributed by atoms with Gasteiger partial charge in [-0.15, -0.1) is 0 Å². The third-order valence-electron chi connectivity index (χ3n) is 3.82. The second-order valence-electron chi connectivity index (χ2n) is 5.41. The summed E-state index contributed by atoms with van der Waals surface area (Å²) < 4.78 is 5.63. The monoisotopic (exact) mass is 235 g/mol. The third-order valence-corrected chi connectivity index (χ3v) is 3.82. The second-order valence-corrected chi connectivity index (χ2v) is 5.41. The first-order valence-electron chi connectivity index (χ1n) is 6.36. The van der Waals surface area contributed by atoms with Gasteiger partial charge in [-0.25, -0.2) is 0 Å². The highest BCUT2D eigenvalue weighted by Gasteiger charge is 2.30. The number of ketones is 1. The van der Waals surface area contributed by atoms with E-state index in [1.807, 2.05) is 6.07 Å². The smallest absolute Gasteiger partial charge is 0.196 e. The lowest BCUT2D eigenvalue weighted by Gasteiger charge is -2.41. The first-order valence-corrected chi connectivity index (χ1v) is 6.36. The van der Waals surface area contributed by atoms with Gasteiger partial charge in [-0.3, -0.25) is 4.79 Å². The lowest BCUT2D eigenvalue weighted by Crippen LogP contribution is -2.45. The summed E-state index contributed by atoms with van der Waals surface area (Å²) in [6, 6.07) is 4.16. The van der Waals surface area contributed by atoms with Crippen LogP contribution in [0.5, 0.6) is 0 Å². The average Bonchev–Trinajstić information content (AvgIpc) is 2.72. The molecule has 0 aliphatic carbocycles. The fraction of sp³-hybridized carbons (Fsp3) is 0.643. The first kappa shape index (κ1) is 12.2. The van der Waals surface area contributed by atoms with Gasteiger partial charge in [-0.2, -0.15) is 0 Å². The van der Waals surface area contributed by atoms with E-state index < -0.39 is 0 Å². The van der Waals surface area contributed by atoms with Crippen LogP contribution in [0, 0.1) is 11.8 Å². The maximum Gasteiger partial charge on any atom is 0.196 e. The molecule has 0 radical (unpaired) electrons. The molecule has 1 aliphatic rings. The molecule has 1 saturated heterocycles. The number of rotatable bonds is 2. The number of carbonyl (C=O) groups is 1. The molecule has 17 heavy (non-hydrogen) atoms. The SMILES string of the molecule is CC(=O)c1ccc(N2CC(C)CC(C)C2C)o1. The van der Waals surface area contributed by atoms with Crippen molar-refractivity contribution in [1.82, 2.24) is 0 Å². The van der Waals surface area contributed by atoms with Crippen LogP contribution in [-0.2, 0) is 0 Å². The maximum absolute atomic E-state index is 11.2. The van der Waals surface area contributed by atoms with E-state index in [9.17, 15) is 4.79 Å². The minimum atomic E-state index is -0.0120. The van der Waals surface area contributed by atoms with Crippen molar-refractivity contribution in [1.29, 1.82) is 0 Å². The Morgan fingerprint density at radius 3 is 2.65 bits per heavy atom. The van der Waals surface area contributed by atoms with E-state index in [0.29, 0.717) is 23.6 Å². The standard InChI is InChI=1S/C14H21NO2/c1-9-7-10(2)11(3)15(8-9)14-6-5-13(17-14)12(4)16/h5-6,9-11H,7-8H2,1-4H3. The van der Waals surface area contributed by atoms with E-state index in [2.05, 4.69) is 25.7 Å². The number of carbonyl (C=O) groups excluding carboxylic acids is 1. The zero-order valence-corrected chi connectivity index (χ0v) is 11.1. The second kappa shape index (κ2) is 4.55. The van der Waals surface area contributed by atoms with Crippen molar-refractivity contribution in [3.63, 3.8) is 0 Å². The Bertz CT molecular complexity index is 410. The van der Waals surface area contributed by atoms with Crippen LogP contribution in [0.3, 0.4) is 0 Å². The summed E-state index contributed by atoms with van der Waals surface area (Å²) in [5.41, 5.74) is 0. The molecule has 1 aliphatic heterocycles. The third kappa shape index (κ3) is 2.38. The minimum Gasteiger partial charge on any atom is -0.437 e. The van der Waals surface area contributed by atoms with Gasteiger partial charge in [0.25, 0.3) is 0 Å². The molecule has 0 N–H and O–H groups in total. The van der Waals surface area contributed by atoms with Crippen LogP contribution in [0.2, 0.25) is 0 Å². The molecule has 0 aromatic carbocycles. The highest BCUT2D eigenvalue weighted by molar-refractivity contribution is 5.91. The van der Waals surface area contributed by atoms with Crippen LogP contribution >= 0.6 is 0 Å². The first-order chi connectivity index (χ1) is 7.99. The zero-order chi connectivity index (χ0) is 12.6. The molecule has 0 saturated carbocycles. The number of nitrogens with zero attached hydrogens (tertiary/aromatic N) is 1. The van der Waals surface area contributed by atoms with E-state index in [4.69, 9.17) is 4.42 Å². The lowest BCUT2D eigenvalue weighted by molar-refractivity contribution is 0.0987. The molecule has 1 aromatic rings. The Morgan fingerprint density at radius 2 is 2.06 bits per heavy atom. The molecule has 2 heterocycles. The van der Waals surface area contributed by atoms with Crippen LogP contribution in [0.15, 0.2) is 16.5 Å². The Morgan fingerprint density at radius 1 is 1.35 bits per heavy atom. The topological polar surface area (TPSA) is 33.5 Å². The average molecular weight is 235 g/mol. The van der Waals surface area contributed by atoms with Crippen LogP contribution in [0.4, 0.5) is 5.88 Å². The van der Waals surface area contributed by atoms with E-state index in [-0.39, 0.29) is 5.78 Å². The van der Waals surface area contributed by atoms with Crippen LogP contribution in [-0.4, -0.2) is 18.4 Å². The Labute approximate surface area is 103 Å². The number of hydrogen-bond acceptors (Lipinski definition) is 3. The molecule has 0 amide bonds. The van der Waals surface area contributed by atoms with Gasteiger partial charge in [-0.05, 0) is 31.2 Å².